The zero-order valence-corrected chi connectivity index (χ0v) is 10.1. The van der Waals surface area contributed by atoms with E-state index in [1.165, 1.54) is 12.8 Å². The normalized spacial score (nSPS) is 12.0. The number of unbranched alkanes of at least 4 members (excludes halogenated alkanes) is 1. The van der Waals surface area contributed by atoms with E-state index in [1.807, 2.05) is 7.05 Å². The minimum Gasteiger partial charge on any atom is -0.443 e. The molecule has 0 fully saturated rings. The Labute approximate surface area is 101 Å². The van der Waals surface area contributed by atoms with E-state index in [0.717, 1.165) is 6.54 Å². The van der Waals surface area contributed by atoms with Gasteiger partial charge in [-0.2, -0.15) is 0 Å². The first-order chi connectivity index (χ1) is 8.08. The van der Waals surface area contributed by atoms with E-state index in [-0.39, 0.29) is 0 Å². The van der Waals surface area contributed by atoms with Crippen molar-refractivity contribution < 1.29 is 30.7 Å². The molecule has 1 heterocycles. The molecular formula is C9H15BF6N2. The summed E-state index contributed by atoms with van der Waals surface area (Å²) in [6, 6.07) is 0. The number of alkyl halides is 3. The Hall–Kier alpha value is -1.15. The fraction of sp³-hybridized carbons (Fsp3) is 0.667. The lowest BCUT2D eigenvalue weighted by Gasteiger charge is -2.16. The Morgan fingerprint density at radius 1 is 1.22 bits per heavy atom. The van der Waals surface area contributed by atoms with Crippen molar-refractivity contribution in [1.29, 1.82) is 0 Å². The topological polar surface area (TPSA) is 8.81 Å². The second kappa shape index (κ2) is 6.70. The summed E-state index contributed by atoms with van der Waals surface area (Å²) in [7, 11) is 2.04. The molecule has 0 saturated heterocycles. The first-order valence-electron chi connectivity index (χ1n) is 5.35. The van der Waals surface area contributed by atoms with Crippen LogP contribution in [-0.2, 0) is 13.6 Å². The van der Waals surface area contributed by atoms with Crippen LogP contribution in [0.2, 0.25) is 0 Å². The summed E-state index contributed by atoms with van der Waals surface area (Å²) < 4.78 is 67.2. The lowest BCUT2D eigenvalue weighted by molar-refractivity contribution is -0.696. The number of rotatable bonds is 3. The van der Waals surface area contributed by atoms with Gasteiger partial charge in [-0.15, -0.1) is 0 Å². The van der Waals surface area contributed by atoms with Gasteiger partial charge in [0.15, 0.2) is 0 Å². The molecule has 1 aromatic rings. The molecule has 1 rings (SSSR count). The summed E-state index contributed by atoms with van der Waals surface area (Å²) in [4.78, 5) is 0. The first-order valence-corrected chi connectivity index (χ1v) is 5.35. The largest absolute Gasteiger partial charge is 0.583 e. The number of hydrogen-bond acceptors (Lipinski definition) is 0. The van der Waals surface area contributed by atoms with Crippen molar-refractivity contribution in [2.75, 3.05) is 0 Å². The van der Waals surface area contributed by atoms with Crippen LogP contribution in [-0.4, -0.2) is 17.6 Å². The van der Waals surface area contributed by atoms with Gasteiger partial charge in [0.2, 0.25) is 6.33 Å². The maximum absolute atomic E-state index is 10.5. The first kappa shape index (κ1) is 16.9. The third kappa shape index (κ3) is 6.56. The molecule has 0 bridgehead atoms. The van der Waals surface area contributed by atoms with Crippen LogP contribution in [0, 0.1) is 0 Å². The molecular weight excluding hydrogens is 261 g/mol. The monoisotopic (exact) mass is 276 g/mol. The van der Waals surface area contributed by atoms with Gasteiger partial charge in [0, 0.05) is 0 Å². The Balaban J connectivity index is 0.000000331. The van der Waals surface area contributed by atoms with Crippen molar-refractivity contribution in [3.63, 3.8) is 0 Å². The maximum atomic E-state index is 10.5. The molecule has 0 radical (unpaired) electrons. The van der Waals surface area contributed by atoms with Crippen molar-refractivity contribution in [3.8, 4) is 0 Å². The summed E-state index contributed by atoms with van der Waals surface area (Å²) in [5.41, 5.74) is 0. The molecule has 0 saturated carbocycles. The van der Waals surface area contributed by atoms with Gasteiger partial charge in [-0.3, -0.25) is 0 Å². The Bertz CT molecular complexity index is 332. The summed E-state index contributed by atoms with van der Waals surface area (Å²) in [6.07, 6.45) is 2.82. The molecule has 0 unspecified atom stereocenters. The summed E-state index contributed by atoms with van der Waals surface area (Å²) in [5, 5.41) is 0. The van der Waals surface area contributed by atoms with Gasteiger partial charge in [0.05, 0.1) is 13.6 Å². The highest BCUT2D eigenvalue weighted by Gasteiger charge is 2.53. The second-order valence-corrected chi connectivity index (χ2v) is 3.79. The van der Waals surface area contributed by atoms with Gasteiger partial charge in [-0.1, -0.05) is 13.3 Å². The molecule has 0 aliphatic rings. The fourth-order valence-electron chi connectivity index (χ4n) is 0.975. The van der Waals surface area contributed by atoms with Gasteiger partial charge in [-0.05, 0) is 6.42 Å². The minimum atomic E-state index is -6.65. The van der Waals surface area contributed by atoms with E-state index in [0.29, 0.717) is 0 Å². The minimum absolute atomic E-state index is 1.15. The molecule has 106 valence electrons. The number of nitrogens with zero attached hydrogens (tertiary/aromatic N) is 2. The van der Waals surface area contributed by atoms with Crippen LogP contribution in [0.25, 0.3) is 0 Å². The predicted molar refractivity (Wildman–Crippen MR) is 55.6 cm³/mol. The number of halogens is 6. The number of aromatic nitrogens is 2. The molecule has 0 aliphatic carbocycles. The Kier molecular flexibility index (Phi) is 6.27. The van der Waals surface area contributed by atoms with Crippen LogP contribution in [0.15, 0.2) is 18.7 Å². The molecule has 0 aliphatic heterocycles. The third-order valence-electron chi connectivity index (χ3n) is 1.96. The van der Waals surface area contributed by atoms with Crippen LogP contribution in [0.3, 0.4) is 0 Å². The van der Waals surface area contributed by atoms with E-state index in [9.17, 15) is 26.1 Å². The summed E-state index contributed by atoms with van der Waals surface area (Å²) in [6.45, 7) is -3.28. The van der Waals surface area contributed by atoms with Gasteiger partial charge in [-0.25, -0.2) is 22.3 Å². The average molecular weight is 276 g/mol. The van der Waals surface area contributed by atoms with E-state index in [4.69, 9.17) is 0 Å². The van der Waals surface area contributed by atoms with Crippen LogP contribution in [0.5, 0.6) is 0 Å². The Morgan fingerprint density at radius 3 is 2.00 bits per heavy atom. The van der Waals surface area contributed by atoms with Gasteiger partial charge < -0.3 is 12.9 Å². The van der Waals surface area contributed by atoms with Crippen LogP contribution >= 0.6 is 0 Å². The van der Waals surface area contributed by atoms with Crippen molar-refractivity contribution in [3.05, 3.63) is 18.7 Å². The maximum Gasteiger partial charge on any atom is 0.583 e. The van der Waals surface area contributed by atoms with Crippen molar-refractivity contribution in [2.45, 2.75) is 32.4 Å². The lowest BCUT2D eigenvalue weighted by Crippen LogP contribution is -2.37. The molecule has 9 heteroatoms. The highest BCUT2D eigenvalue weighted by atomic mass is 19.4. The summed E-state index contributed by atoms with van der Waals surface area (Å²) in [5.74, 6) is 0. The second-order valence-electron chi connectivity index (χ2n) is 3.79. The quantitative estimate of drug-likeness (QED) is 0.456. The van der Waals surface area contributed by atoms with Gasteiger partial charge >= 0.3 is 13.1 Å². The third-order valence-corrected chi connectivity index (χ3v) is 1.96. The van der Waals surface area contributed by atoms with Gasteiger partial charge in [0.25, 0.3) is 0 Å². The number of aryl methyl sites for hydroxylation is 2. The van der Waals surface area contributed by atoms with Crippen LogP contribution < -0.4 is 4.57 Å². The van der Waals surface area contributed by atoms with E-state index < -0.39 is 13.1 Å². The lowest BCUT2D eigenvalue weighted by atomic mass is 9.92. The zero-order chi connectivity index (χ0) is 14.4. The van der Waals surface area contributed by atoms with Crippen LogP contribution in [0.4, 0.5) is 26.1 Å². The zero-order valence-electron chi connectivity index (χ0n) is 10.1. The fourth-order valence-corrected chi connectivity index (χ4v) is 0.975. The molecule has 18 heavy (non-hydrogen) atoms. The number of imidazole rings is 1. The predicted octanol–water partition coefficient (Wildman–Crippen LogP) is 3.05. The van der Waals surface area contributed by atoms with E-state index >= 15 is 0 Å². The van der Waals surface area contributed by atoms with Crippen molar-refractivity contribution in [2.24, 2.45) is 7.05 Å². The highest BCUT2D eigenvalue weighted by molar-refractivity contribution is 6.60. The Morgan fingerprint density at radius 2 is 1.72 bits per heavy atom. The van der Waals surface area contributed by atoms with Gasteiger partial charge in [0.1, 0.15) is 12.4 Å². The SMILES string of the molecule is CCCC[n+]1ccn(C)c1.F[B-](F)(F)C(F)(F)F. The molecule has 2 nitrogen and oxygen atoms in total. The highest BCUT2D eigenvalue weighted by Crippen LogP contribution is 2.31. The smallest absolute Gasteiger partial charge is 0.443 e. The summed E-state index contributed by atoms with van der Waals surface area (Å²) >= 11 is 0. The molecule has 0 atom stereocenters. The molecule has 1 aromatic heterocycles. The molecule has 0 aromatic carbocycles. The molecule has 0 N–H and O–H groups in total. The molecule has 0 amide bonds. The van der Waals surface area contributed by atoms with Crippen LogP contribution in [0.1, 0.15) is 19.8 Å². The number of hydrogen-bond donors (Lipinski definition) is 0. The van der Waals surface area contributed by atoms with Crippen molar-refractivity contribution in [1.82, 2.24) is 4.57 Å². The van der Waals surface area contributed by atoms with E-state index in [1.54, 1.807) is 0 Å². The van der Waals surface area contributed by atoms with E-state index in [2.05, 4.69) is 34.8 Å². The van der Waals surface area contributed by atoms with Crippen molar-refractivity contribution >= 4 is 6.98 Å². The molecule has 0 spiro atoms. The standard InChI is InChI=1S/C8H15N2.CBF6/c1-3-4-5-10-7-6-9(2)8-10;3-1(4,5)2(6,7)8/h6-8H,3-5H2,1-2H3;/q+1;-1. The average Bonchev–Trinajstić information content (AvgIpc) is 2.59.